The van der Waals surface area contributed by atoms with Crippen LogP contribution >= 0.6 is 23.4 Å². The minimum Gasteiger partial charge on any atom is -0.325 e. The summed E-state index contributed by atoms with van der Waals surface area (Å²) in [5.41, 5.74) is 4.54. The number of carbonyl (C=O) groups excluding carboxylic acids is 1. The van der Waals surface area contributed by atoms with E-state index in [0.717, 1.165) is 22.4 Å². The van der Waals surface area contributed by atoms with Gasteiger partial charge in [-0.1, -0.05) is 64.8 Å². The molecule has 0 atom stereocenters. The molecule has 1 amide bonds. The van der Waals surface area contributed by atoms with Gasteiger partial charge in [-0.15, -0.1) is 10.2 Å². The SMILES string of the molecule is Cc1ccc(-n2c(SCC(=O)Nc3ccc(F)c(Cl)c3)nnc2-c2cccc(C)c2)cc1. The molecule has 32 heavy (non-hydrogen) atoms. The molecule has 0 spiro atoms. The number of carbonyl (C=O) groups is 1. The molecule has 0 saturated carbocycles. The maximum absolute atomic E-state index is 13.3. The molecule has 0 bridgehead atoms. The maximum Gasteiger partial charge on any atom is 0.234 e. The van der Waals surface area contributed by atoms with E-state index in [4.69, 9.17) is 11.6 Å². The molecule has 3 aromatic carbocycles. The summed E-state index contributed by atoms with van der Waals surface area (Å²) in [6.07, 6.45) is 0. The predicted octanol–water partition coefficient (Wildman–Crippen LogP) is 6.07. The van der Waals surface area contributed by atoms with Crippen LogP contribution < -0.4 is 5.32 Å². The Morgan fingerprint density at radius 3 is 2.53 bits per heavy atom. The number of hydrogen-bond acceptors (Lipinski definition) is 4. The highest BCUT2D eigenvalue weighted by Gasteiger charge is 2.17. The van der Waals surface area contributed by atoms with E-state index in [1.807, 2.05) is 66.9 Å². The Morgan fingerprint density at radius 2 is 1.81 bits per heavy atom. The molecule has 0 fully saturated rings. The number of aromatic nitrogens is 3. The lowest BCUT2D eigenvalue weighted by Gasteiger charge is -2.11. The maximum atomic E-state index is 13.3. The Labute approximate surface area is 194 Å². The van der Waals surface area contributed by atoms with Crippen LogP contribution in [0, 0.1) is 19.7 Å². The quantitative estimate of drug-likeness (QED) is 0.350. The van der Waals surface area contributed by atoms with Gasteiger partial charge in [0.25, 0.3) is 0 Å². The van der Waals surface area contributed by atoms with E-state index < -0.39 is 5.82 Å². The van der Waals surface area contributed by atoms with Crippen molar-refractivity contribution in [2.45, 2.75) is 19.0 Å². The highest BCUT2D eigenvalue weighted by Crippen LogP contribution is 2.29. The fourth-order valence-electron chi connectivity index (χ4n) is 3.16. The van der Waals surface area contributed by atoms with E-state index in [0.29, 0.717) is 16.7 Å². The molecule has 1 heterocycles. The molecular formula is C24H20ClFN4OS. The first kappa shape index (κ1) is 22.0. The van der Waals surface area contributed by atoms with Crippen LogP contribution in [-0.2, 0) is 4.79 Å². The second-order valence-electron chi connectivity index (χ2n) is 7.31. The summed E-state index contributed by atoms with van der Waals surface area (Å²) in [4.78, 5) is 12.5. The molecule has 162 valence electrons. The van der Waals surface area contributed by atoms with E-state index in [1.54, 1.807) is 0 Å². The fourth-order valence-corrected chi connectivity index (χ4v) is 4.09. The van der Waals surface area contributed by atoms with Crippen molar-refractivity contribution in [3.05, 3.63) is 88.7 Å². The summed E-state index contributed by atoms with van der Waals surface area (Å²) >= 11 is 7.06. The normalized spacial score (nSPS) is 10.9. The Kier molecular flexibility index (Phi) is 6.58. The molecule has 4 rings (SSSR count). The lowest BCUT2D eigenvalue weighted by molar-refractivity contribution is -0.113. The zero-order chi connectivity index (χ0) is 22.7. The van der Waals surface area contributed by atoms with Crippen molar-refractivity contribution >= 4 is 35.0 Å². The Balaban J connectivity index is 1.60. The zero-order valence-corrected chi connectivity index (χ0v) is 19.0. The number of rotatable bonds is 6. The minimum absolute atomic E-state index is 0.0441. The monoisotopic (exact) mass is 466 g/mol. The van der Waals surface area contributed by atoms with E-state index in [2.05, 4.69) is 15.5 Å². The Bertz CT molecular complexity index is 1270. The molecule has 0 aliphatic rings. The van der Waals surface area contributed by atoms with Gasteiger partial charge in [-0.3, -0.25) is 9.36 Å². The highest BCUT2D eigenvalue weighted by atomic mass is 35.5. The van der Waals surface area contributed by atoms with Crippen LogP contribution in [0.15, 0.2) is 71.9 Å². The first-order valence-corrected chi connectivity index (χ1v) is 11.2. The van der Waals surface area contributed by atoms with E-state index >= 15 is 0 Å². The minimum atomic E-state index is -0.533. The summed E-state index contributed by atoms with van der Waals surface area (Å²) in [5, 5.41) is 12.0. The molecule has 1 N–H and O–H groups in total. The van der Waals surface area contributed by atoms with Crippen LogP contribution in [0.1, 0.15) is 11.1 Å². The second-order valence-corrected chi connectivity index (χ2v) is 8.66. The summed E-state index contributed by atoms with van der Waals surface area (Å²) in [6, 6.07) is 20.2. The topological polar surface area (TPSA) is 59.8 Å². The number of anilines is 1. The van der Waals surface area contributed by atoms with Crippen LogP contribution in [0.4, 0.5) is 10.1 Å². The van der Waals surface area contributed by atoms with Gasteiger partial charge in [0.15, 0.2) is 11.0 Å². The lowest BCUT2D eigenvalue weighted by atomic mass is 10.1. The second kappa shape index (κ2) is 9.54. The molecule has 0 saturated heterocycles. The van der Waals surface area contributed by atoms with Crippen LogP contribution in [-0.4, -0.2) is 26.4 Å². The van der Waals surface area contributed by atoms with Gasteiger partial charge in [-0.25, -0.2) is 4.39 Å². The van der Waals surface area contributed by atoms with Gasteiger partial charge in [-0.05, 0) is 50.2 Å². The molecule has 0 unspecified atom stereocenters. The van der Waals surface area contributed by atoms with Crippen LogP contribution in [0.25, 0.3) is 17.1 Å². The zero-order valence-electron chi connectivity index (χ0n) is 17.5. The van der Waals surface area contributed by atoms with Crippen molar-refractivity contribution in [2.75, 3.05) is 11.1 Å². The number of aryl methyl sites for hydroxylation is 2. The molecular weight excluding hydrogens is 447 g/mol. The van der Waals surface area contributed by atoms with Crippen molar-refractivity contribution in [3.63, 3.8) is 0 Å². The number of amides is 1. The number of halogens is 2. The third-order valence-electron chi connectivity index (χ3n) is 4.74. The fraction of sp³-hybridized carbons (Fsp3) is 0.125. The van der Waals surface area contributed by atoms with Gasteiger partial charge in [0.2, 0.25) is 5.91 Å². The molecule has 0 aliphatic heterocycles. The third kappa shape index (κ3) is 5.00. The number of nitrogens with zero attached hydrogens (tertiary/aromatic N) is 3. The first-order chi connectivity index (χ1) is 15.4. The molecule has 0 aliphatic carbocycles. The summed E-state index contributed by atoms with van der Waals surface area (Å²) in [5.74, 6) is 0.0141. The Morgan fingerprint density at radius 1 is 1.03 bits per heavy atom. The number of hydrogen-bond donors (Lipinski definition) is 1. The third-order valence-corrected chi connectivity index (χ3v) is 5.96. The largest absolute Gasteiger partial charge is 0.325 e. The van der Waals surface area contributed by atoms with Crippen LogP contribution in [0.5, 0.6) is 0 Å². The van der Waals surface area contributed by atoms with Gasteiger partial charge in [0.1, 0.15) is 5.82 Å². The molecule has 4 aromatic rings. The summed E-state index contributed by atoms with van der Waals surface area (Å²) in [6.45, 7) is 4.05. The number of thioether (sulfide) groups is 1. The molecule has 1 aromatic heterocycles. The lowest BCUT2D eigenvalue weighted by Crippen LogP contribution is -2.14. The van der Waals surface area contributed by atoms with Gasteiger partial charge in [0.05, 0.1) is 10.8 Å². The van der Waals surface area contributed by atoms with E-state index in [-0.39, 0.29) is 16.7 Å². The van der Waals surface area contributed by atoms with Crippen LogP contribution in [0.2, 0.25) is 5.02 Å². The number of benzene rings is 3. The molecule has 5 nitrogen and oxygen atoms in total. The van der Waals surface area contributed by atoms with Crippen LogP contribution in [0.3, 0.4) is 0 Å². The number of nitrogens with one attached hydrogen (secondary N) is 1. The van der Waals surface area contributed by atoms with Gasteiger partial charge in [-0.2, -0.15) is 0 Å². The smallest absolute Gasteiger partial charge is 0.234 e. The van der Waals surface area contributed by atoms with Crippen molar-refractivity contribution in [1.29, 1.82) is 0 Å². The highest BCUT2D eigenvalue weighted by molar-refractivity contribution is 7.99. The van der Waals surface area contributed by atoms with Gasteiger partial charge < -0.3 is 5.32 Å². The van der Waals surface area contributed by atoms with Crippen molar-refractivity contribution < 1.29 is 9.18 Å². The average molecular weight is 467 g/mol. The average Bonchev–Trinajstić information content (AvgIpc) is 3.19. The molecule has 8 heteroatoms. The summed E-state index contributed by atoms with van der Waals surface area (Å²) < 4.78 is 15.3. The Hall–Kier alpha value is -3.16. The molecule has 0 radical (unpaired) electrons. The first-order valence-electron chi connectivity index (χ1n) is 9.88. The van der Waals surface area contributed by atoms with Gasteiger partial charge >= 0.3 is 0 Å². The predicted molar refractivity (Wildman–Crippen MR) is 127 cm³/mol. The summed E-state index contributed by atoms with van der Waals surface area (Å²) in [7, 11) is 0. The van der Waals surface area contributed by atoms with E-state index in [9.17, 15) is 9.18 Å². The van der Waals surface area contributed by atoms with Gasteiger partial charge in [0, 0.05) is 16.9 Å². The standard InChI is InChI=1S/C24H20ClFN4OS/c1-15-6-9-19(10-7-15)30-23(17-5-3-4-16(2)12-17)28-29-24(30)32-14-22(31)27-18-8-11-21(26)20(25)13-18/h3-13H,14H2,1-2H3,(H,27,31). The van der Waals surface area contributed by atoms with E-state index in [1.165, 1.54) is 30.0 Å². The van der Waals surface area contributed by atoms with Crippen molar-refractivity contribution in [2.24, 2.45) is 0 Å². The van der Waals surface area contributed by atoms with Crippen molar-refractivity contribution in [3.8, 4) is 17.1 Å². The van der Waals surface area contributed by atoms with Crippen molar-refractivity contribution in [1.82, 2.24) is 14.8 Å².